The van der Waals surface area contributed by atoms with Crippen LogP contribution >= 0.6 is 11.3 Å². The van der Waals surface area contributed by atoms with Gasteiger partial charge >= 0.3 is 0 Å². The molecule has 8 heteroatoms. The van der Waals surface area contributed by atoms with E-state index in [1.54, 1.807) is 11.9 Å². The van der Waals surface area contributed by atoms with Crippen molar-refractivity contribution >= 4 is 28.3 Å². The van der Waals surface area contributed by atoms with Crippen molar-refractivity contribution < 1.29 is 19.8 Å². The molecule has 2 aliphatic carbocycles. The molecule has 2 aliphatic rings. The first-order chi connectivity index (χ1) is 15.7. The zero-order valence-electron chi connectivity index (χ0n) is 21.3. The summed E-state index contributed by atoms with van der Waals surface area (Å²) in [5.41, 5.74) is -0.305. The Morgan fingerprint density at radius 1 is 1.35 bits per heavy atom. The maximum atomic E-state index is 13.1. The SMILES string of the molecule is C#CCN(C)C(=O)C[C@@H]1c2nc(NC(=O)CC(C)(C)C)sc2C[C@@H]2[C@](C)(CO)[C@H](O)CC[C@]21C. The fraction of sp³-hybridized carbons (Fsp3) is 0.731. The number of nitrogens with zero attached hydrogens (tertiary/aromatic N) is 2. The average molecular weight is 490 g/mol. The minimum Gasteiger partial charge on any atom is -0.396 e. The Morgan fingerprint density at radius 2 is 2.03 bits per heavy atom. The molecule has 1 aromatic rings. The first kappa shape index (κ1) is 26.7. The van der Waals surface area contributed by atoms with E-state index in [0.717, 1.165) is 17.0 Å². The van der Waals surface area contributed by atoms with Crippen molar-refractivity contribution in [2.75, 3.05) is 25.5 Å². The molecule has 0 unspecified atom stereocenters. The van der Waals surface area contributed by atoms with E-state index in [1.165, 1.54) is 11.3 Å². The normalized spacial score (nSPS) is 30.6. The number of thiazole rings is 1. The Labute approximate surface area is 207 Å². The van der Waals surface area contributed by atoms with Gasteiger partial charge in [0.25, 0.3) is 0 Å². The molecule has 0 radical (unpaired) electrons. The molecule has 3 N–H and O–H groups in total. The van der Waals surface area contributed by atoms with E-state index in [1.807, 2.05) is 27.7 Å². The Balaban J connectivity index is 2.02. The van der Waals surface area contributed by atoms with Gasteiger partial charge in [0.15, 0.2) is 5.13 Å². The minimum absolute atomic E-state index is 0.0319. The number of carbonyl (C=O) groups excluding carboxylic acids is 2. The maximum Gasteiger partial charge on any atom is 0.226 e. The quantitative estimate of drug-likeness (QED) is 0.532. The van der Waals surface area contributed by atoms with Gasteiger partial charge in [-0.2, -0.15) is 0 Å². The summed E-state index contributed by atoms with van der Waals surface area (Å²) in [5.74, 6) is 2.15. The number of rotatable bonds is 6. The van der Waals surface area contributed by atoms with E-state index >= 15 is 0 Å². The second-order valence-corrected chi connectivity index (χ2v) is 12.9. The lowest BCUT2D eigenvalue weighted by molar-refractivity contribution is -0.146. The number of hydrogen-bond acceptors (Lipinski definition) is 6. The van der Waals surface area contributed by atoms with Crippen LogP contribution in [0.1, 0.15) is 76.8 Å². The second-order valence-electron chi connectivity index (χ2n) is 11.8. The number of aliphatic hydroxyl groups is 2. The molecule has 1 saturated carbocycles. The van der Waals surface area contributed by atoms with Gasteiger partial charge in [0.05, 0.1) is 24.9 Å². The monoisotopic (exact) mass is 489 g/mol. The highest BCUT2D eigenvalue weighted by Crippen LogP contribution is 2.62. The van der Waals surface area contributed by atoms with Crippen LogP contribution in [0, 0.1) is 34.5 Å². The lowest BCUT2D eigenvalue weighted by Crippen LogP contribution is -2.57. The van der Waals surface area contributed by atoms with Crippen molar-refractivity contribution in [2.24, 2.45) is 22.2 Å². The third kappa shape index (κ3) is 5.02. The highest BCUT2D eigenvalue weighted by atomic mass is 32.1. The number of nitrogens with one attached hydrogen (secondary N) is 1. The summed E-state index contributed by atoms with van der Waals surface area (Å²) in [6.07, 6.45) is 7.37. The van der Waals surface area contributed by atoms with Gasteiger partial charge in [-0.05, 0) is 36.0 Å². The Hall–Kier alpha value is -1.95. The van der Waals surface area contributed by atoms with Crippen molar-refractivity contribution in [3.8, 4) is 12.3 Å². The lowest BCUT2D eigenvalue weighted by atomic mass is 9.47. The molecule has 2 amide bonds. The van der Waals surface area contributed by atoms with E-state index in [-0.39, 0.29) is 54.1 Å². The maximum absolute atomic E-state index is 13.1. The number of terminal acetylenes is 1. The molecule has 0 saturated heterocycles. The topological polar surface area (TPSA) is 103 Å². The molecular formula is C26H39N3O4S. The molecule has 34 heavy (non-hydrogen) atoms. The van der Waals surface area contributed by atoms with Crippen LogP contribution in [0.4, 0.5) is 5.13 Å². The Bertz CT molecular complexity index is 978. The van der Waals surface area contributed by atoms with Crippen LogP contribution in [-0.4, -0.2) is 58.2 Å². The first-order valence-electron chi connectivity index (χ1n) is 12.0. The molecule has 1 fully saturated rings. The smallest absolute Gasteiger partial charge is 0.226 e. The summed E-state index contributed by atoms with van der Waals surface area (Å²) < 4.78 is 0. The van der Waals surface area contributed by atoms with Gasteiger partial charge < -0.3 is 20.4 Å². The molecule has 0 spiro atoms. The predicted molar refractivity (Wildman–Crippen MR) is 134 cm³/mol. The number of amides is 2. The minimum atomic E-state index is -0.684. The fourth-order valence-corrected chi connectivity index (χ4v) is 6.98. The summed E-state index contributed by atoms with van der Waals surface area (Å²) in [6.45, 7) is 10.3. The van der Waals surface area contributed by atoms with E-state index in [9.17, 15) is 19.8 Å². The zero-order valence-corrected chi connectivity index (χ0v) is 22.1. The zero-order chi connectivity index (χ0) is 25.5. The van der Waals surface area contributed by atoms with Gasteiger partial charge in [-0.15, -0.1) is 17.8 Å². The molecule has 0 aromatic carbocycles. The molecule has 3 rings (SSSR count). The van der Waals surface area contributed by atoms with Crippen LogP contribution in [0.15, 0.2) is 0 Å². The van der Waals surface area contributed by atoms with Crippen LogP contribution < -0.4 is 5.32 Å². The number of aromatic nitrogens is 1. The number of aliphatic hydroxyl groups excluding tert-OH is 2. The summed E-state index contributed by atoms with van der Waals surface area (Å²) in [7, 11) is 1.70. The van der Waals surface area contributed by atoms with Crippen molar-refractivity contribution in [1.82, 2.24) is 9.88 Å². The van der Waals surface area contributed by atoms with Crippen molar-refractivity contribution in [3.05, 3.63) is 10.6 Å². The number of anilines is 1. The van der Waals surface area contributed by atoms with Crippen molar-refractivity contribution in [3.63, 3.8) is 0 Å². The van der Waals surface area contributed by atoms with Crippen molar-refractivity contribution in [2.45, 2.75) is 78.7 Å². The van der Waals surface area contributed by atoms with E-state index in [4.69, 9.17) is 11.4 Å². The van der Waals surface area contributed by atoms with Crippen LogP contribution in [0.5, 0.6) is 0 Å². The molecule has 188 valence electrons. The lowest BCUT2D eigenvalue weighted by Gasteiger charge is -2.58. The van der Waals surface area contributed by atoms with Gasteiger partial charge in [0.2, 0.25) is 11.8 Å². The molecule has 5 atom stereocenters. The molecular weight excluding hydrogens is 450 g/mol. The van der Waals surface area contributed by atoms with E-state index in [0.29, 0.717) is 24.4 Å². The van der Waals surface area contributed by atoms with Gasteiger partial charge in [-0.25, -0.2) is 4.98 Å². The van der Waals surface area contributed by atoms with Gasteiger partial charge in [-0.3, -0.25) is 9.59 Å². The third-order valence-electron chi connectivity index (χ3n) is 7.96. The van der Waals surface area contributed by atoms with E-state index in [2.05, 4.69) is 18.2 Å². The van der Waals surface area contributed by atoms with E-state index < -0.39 is 11.5 Å². The number of hydrogen-bond donors (Lipinski definition) is 3. The summed E-state index contributed by atoms with van der Waals surface area (Å²) >= 11 is 1.44. The van der Waals surface area contributed by atoms with Gasteiger partial charge in [0, 0.05) is 36.1 Å². The van der Waals surface area contributed by atoms with Crippen LogP contribution in [0.2, 0.25) is 0 Å². The third-order valence-corrected chi connectivity index (χ3v) is 8.97. The number of carbonyl (C=O) groups is 2. The van der Waals surface area contributed by atoms with Crippen LogP contribution in [0.25, 0.3) is 0 Å². The molecule has 0 bridgehead atoms. The average Bonchev–Trinajstić information content (AvgIpc) is 3.13. The Morgan fingerprint density at radius 3 is 2.62 bits per heavy atom. The fourth-order valence-electron chi connectivity index (χ4n) is 5.90. The molecule has 0 aliphatic heterocycles. The van der Waals surface area contributed by atoms with Crippen LogP contribution in [0.3, 0.4) is 0 Å². The predicted octanol–water partition coefficient (Wildman–Crippen LogP) is 3.42. The summed E-state index contributed by atoms with van der Waals surface area (Å²) in [4.78, 5) is 33.1. The molecule has 1 aromatic heterocycles. The molecule has 7 nitrogen and oxygen atoms in total. The van der Waals surface area contributed by atoms with Crippen molar-refractivity contribution in [1.29, 1.82) is 0 Å². The largest absolute Gasteiger partial charge is 0.396 e. The van der Waals surface area contributed by atoms with Crippen LogP contribution in [-0.2, 0) is 16.0 Å². The first-order valence-corrected chi connectivity index (χ1v) is 12.8. The summed E-state index contributed by atoms with van der Waals surface area (Å²) in [6, 6.07) is 0. The van der Waals surface area contributed by atoms with Gasteiger partial charge in [-0.1, -0.05) is 40.5 Å². The highest BCUT2D eigenvalue weighted by molar-refractivity contribution is 7.15. The highest BCUT2D eigenvalue weighted by Gasteiger charge is 2.59. The van der Waals surface area contributed by atoms with Gasteiger partial charge in [0.1, 0.15) is 0 Å². The standard InChI is InChI=1S/C26H39N3O4S/c1-8-11-29(7)21(33)12-16-22-17(34-23(28-22)27-20(32)14-24(2,3)4)13-18-25(16,5)10-9-19(31)26(18,6)15-30/h1,16,18-19,30-31H,9-15H2,2-7H3,(H,27,28,32)/t16-,18+,19-,25+,26+/m1/s1. The molecule has 1 heterocycles. The number of fused-ring (bicyclic) bond motifs is 2. The summed E-state index contributed by atoms with van der Waals surface area (Å²) in [5, 5.41) is 24.7. The Kier molecular flexibility index (Phi) is 7.52. The second kappa shape index (κ2) is 9.60.